The predicted octanol–water partition coefficient (Wildman–Crippen LogP) is 1.26. The standard InChI is InChI=1S/C8H15NO2.ClH/c9-5-6-2-1-3-7(4-6)8(10)11;/h6-7H,1-5,9H2,(H,10,11);1H/t6-,7+;/m0./s1. The molecule has 0 aromatic heterocycles. The van der Waals surface area contributed by atoms with E-state index in [9.17, 15) is 4.79 Å². The number of carboxylic acid groups (broad SMARTS) is 1. The maximum atomic E-state index is 10.6. The van der Waals surface area contributed by atoms with Gasteiger partial charge in [-0.2, -0.15) is 0 Å². The predicted molar refractivity (Wildman–Crippen MR) is 49.4 cm³/mol. The maximum Gasteiger partial charge on any atom is 0.306 e. The highest BCUT2D eigenvalue weighted by atomic mass is 35.5. The second-order valence-corrected chi connectivity index (χ2v) is 3.30. The van der Waals surface area contributed by atoms with Gasteiger partial charge in [-0.3, -0.25) is 4.79 Å². The zero-order valence-corrected chi connectivity index (χ0v) is 7.85. The fourth-order valence-corrected chi connectivity index (χ4v) is 1.73. The van der Waals surface area contributed by atoms with Crippen LogP contribution in [0.2, 0.25) is 0 Å². The van der Waals surface area contributed by atoms with Gasteiger partial charge in [0.1, 0.15) is 0 Å². The molecule has 0 unspecified atom stereocenters. The summed E-state index contributed by atoms with van der Waals surface area (Å²) >= 11 is 0. The third-order valence-corrected chi connectivity index (χ3v) is 2.47. The van der Waals surface area contributed by atoms with Gasteiger partial charge in [0.05, 0.1) is 5.92 Å². The fourth-order valence-electron chi connectivity index (χ4n) is 1.73. The first kappa shape index (κ1) is 11.7. The molecular weight excluding hydrogens is 178 g/mol. The first-order valence-electron chi connectivity index (χ1n) is 4.17. The molecule has 1 aliphatic carbocycles. The summed E-state index contributed by atoms with van der Waals surface area (Å²) in [5.74, 6) is -0.328. The van der Waals surface area contributed by atoms with Crippen LogP contribution in [0.5, 0.6) is 0 Å². The highest BCUT2D eigenvalue weighted by Gasteiger charge is 2.25. The first-order valence-corrected chi connectivity index (χ1v) is 4.17. The Morgan fingerprint density at radius 2 is 2.17 bits per heavy atom. The third-order valence-electron chi connectivity index (χ3n) is 2.47. The van der Waals surface area contributed by atoms with E-state index >= 15 is 0 Å². The highest BCUT2D eigenvalue weighted by molar-refractivity contribution is 5.85. The van der Waals surface area contributed by atoms with Crippen molar-refractivity contribution in [2.24, 2.45) is 17.6 Å². The van der Waals surface area contributed by atoms with Crippen molar-refractivity contribution in [2.45, 2.75) is 25.7 Å². The lowest BCUT2D eigenvalue weighted by atomic mass is 9.81. The summed E-state index contributed by atoms with van der Waals surface area (Å²) in [5, 5.41) is 8.71. The minimum Gasteiger partial charge on any atom is -0.481 e. The van der Waals surface area contributed by atoms with Crippen LogP contribution in [0.25, 0.3) is 0 Å². The number of nitrogens with two attached hydrogens (primary N) is 1. The molecule has 0 aromatic rings. The van der Waals surface area contributed by atoms with Gasteiger partial charge in [0.25, 0.3) is 0 Å². The smallest absolute Gasteiger partial charge is 0.306 e. The number of hydrogen-bond donors (Lipinski definition) is 2. The number of rotatable bonds is 2. The van der Waals surface area contributed by atoms with Crippen molar-refractivity contribution in [3.05, 3.63) is 0 Å². The van der Waals surface area contributed by atoms with E-state index in [-0.39, 0.29) is 18.3 Å². The average molecular weight is 194 g/mol. The lowest BCUT2D eigenvalue weighted by Crippen LogP contribution is -2.26. The Morgan fingerprint density at radius 3 is 2.67 bits per heavy atom. The van der Waals surface area contributed by atoms with Crippen molar-refractivity contribution in [2.75, 3.05) is 6.54 Å². The summed E-state index contributed by atoms with van der Waals surface area (Å²) < 4.78 is 0. The number of aliphatic carboxylic acids is 1. The van der Waals surface area contributed by atoms with Crippen LogP contribution < -0.4 is 5.73 Å². The molecule has 1 saturated carbocycles. The topological polar surface area (TPSA) is 63.3 Å². The zero-order valence-electron chi connectivity index (χ0n) is 7.03. The van der Waals surface area contributed by atoms with Gasteiger partial charge in [0, 0.05) is 0 Å². The van der Waals surface area contributed by atoms with E-state index in [1.807, 2.05) is 0 Å². The molecule has 0 amide bonds. The van der Waals surface area contributed by atoms with Crippen molar-refractivity contribution in [1.82, 2.24) is 0 Å². The Kier molecular flexibility index (Phi) is 5.25. The molecule has 4 heteroatoms. The fraction of sp³-hybridized carbons (Fsp3) is 0.875. The van der Waals surface area contributed by atoms with Crippen LogP contribution in [0.15, 0.2) is 0 Å². The van der Waals surface area contributed by atoms with Crippen molar-refractivity contribution in [1.29, 1.82) is 0 Å². The Balaban J connectivity index is 0.00000121. The van der Waals surface area contributed by atoms with Gasteiger partial charge in [0.15, 0.2) is 0 Å². The molecule has 1 aliphatic rings. The number of hydrogen-bond acceptors (Lipinski definition) is 2. The van der Waals surface area contributed by atoms with E-state index in [1.165, 1.54) is 0 Å². The molecule has 2 atom stereocenters. The quantitative estimate of drug-likeness (QED) is 0.694. The molecule has 1 fully saturated rings. The Morgan fingerprint density at radius 1 is 1.50 bits per heavy atom. The van der Waals surface area contributed by atoms with Crippen LogP contribution in [-0.2, 0) is 4.79 Å². The van der Waals surface area contributed by atoms with Crippen molar-refractivity contribution >= 4 is 18.4 Å². The molecule has 0 saturated heterocycles. The lowest BCUT2D eigenvalue weighted by molar-refractivity contribution is -0.143. The molecule has 0 aliphatic heterocycles. The molecule has 3 N–H and O–H groups in total. The summed E-state index contributed by atoms with van der Waals surface area (Å²) in [6.45, 7) is 0.643. The molecular formula is C8H16ClNO2. The van der Waals surface area contributed by atoms with Crippen LogP contribution >= 0.6 is 12.4 Å². The second-order valence-electron chi connectivity index (χ2n) is 3.30. The van der Waals surface area contributed by atoms with Gasteiger partial charge in [-0.15, -0.1) is 12.4 Å². The molecule has 0 spiro atoms. The molecule has 1 rings (SSSR count). The molecule has 0 aromatic carbocycles. The van der Waals surface area contributed by atoms with Gasteiger partial charge in [0.2, 0.25) is 0 Å². The third kappa shape index (κ3) is 2.99. The zero-order chi connectivity index (χ0) is 8.27. The van der Waals surface area contributed by atoms with E-state index < -0.39 is 5.97 Å². The normalized spacial score (nSPS) is 29.1. The van der Waals surface area contributed by atoms with E-state index in [0.29, 0.717) is 12.5 Å². The van der Waals surface area contributed by atoms with Crippen molar-refractivity contribution < 1.29 is 9.90 Å². The summed E-state index contributed by atoms with van der Waals surface area (Å²) in [6, 6.07) is 0. The van der Waals surface area contributed by atoms with Crippen LogP contribution in [0.3, 0.4) is 0 Å². The largest absolute Gasteiger partial charge is 0.481 e. The van der Waals surface area contributed by atoms with Gasteiger partial charge in [-0.05, 0) is 31.7 Å². The summed E-state index contributed by atoms with van der Waals surface area (Å²) in [5.41, 5.74) is 5.47. The molecule has 0 bridgehead atoms. The molecule has 0 heterocycles. The van der Waals surface area contributed by atoms with Gasteiger partial charge < -0.3 is 10.8 Å². The molecule has 0 radical (unpaired) electrons. The number of halogens is 1. The van der Waals surface area contributed by atoms with E-state index in [4.69, 9.17) is 10.8 Å². The van der Waals surface area contributed by atoms with Gasteiger partial charge >= 0.3 is 5.97 Å². The summed E-state index contributed by atoms with van der Waals surface area (Å²) in [4.78, 5) is 10.6. The van der Waals surface area contributed by atoms with Crippen molar-refractivity contribution in [3.63, 3.8) is 0 Å². The minimum absolute atomic E-state index is 0. The van der Waals surface area contributed by atoms with Crippen molar-refractivity contribution in [3.8, 4) is 0 Å². The minimum atomic E-state index is -0.650. The maximum absolute atomic E-state index is 10.6. The Bertz CT molecular complexity index is 152. The molecule has 3 nitrogen and oxygen atoms in total. The summed E-state index contributed by atoms with van der Waals surface area (Å²) in [7, 11) is 0. The summed E-state index contributed by atoms with van der Waals surface area (Å²) in [6.07, 6.45) is 3.76. The van der Waals surface area contributed by atoms with Gasteiger partial charge in [-0.1, -0.05) is 6.42 Å². The monoisotopic (exact) mass is 193 g/mol. The molecule has 72 valence electrons. The SMILES string of the molecule is Cl.NC[C@H]1CCC[C@@H](C(=O)O)C1. The lowest BCUT2D eigenvalue weighted by Gasteiger charge is -2.25. The van der Waals surface area contributed by atoms with Crippen LogP contribution in [0.4, 0.5) is 0 Å². The Labute approximate surface area is 78.7 Å². The Hall–Kier alpha value is -0.280. The van der Waals surface area contributed by atoms with E-state index in [2.05, 4.69) is 0 Å². The van der Waals surface area contributed by atoms with E-state index in [1.54, 1.807) is 0 Å². The van der Waals surface area contributed by atoms with Crippen LogP contribution in [-0.4, -0.2) is 17.6 Å². The van der Waals surface area contributed by atoms with Gasteiger partial charge in [-0.25, -0.2) is 0 Å². The number of carbonyl (C=O) groups is 1. The molecule has 12 heavy (non-hydrogen) atoms. The average Bonchev–Trinajstić information content (AvgIpc) is 2.05. The highest BCUT2D eigenvalue weighted by Crippen LogP contribution is 2.28. The first-order chi connectivity index (χ1) is 5.24. The number of carboxylic acids is 1. The van der Waals surface area contributed by atoms with E-state index in [0.717, 1.165) is 25.7 Å². The second kappa shape index (κ2) is 5.38. The van der Waals surface area contributed by atoms with Crippen LogP contribution in [0.1, 0.15) is 25.7 Å². The van der Waals surface area contributed by atoms with Crippen LogP contribution in [0, 0.1) is 11.8 Å².